The Labute approximate surface area is 178 Å². The molecule has 0 saturated heterocycles. The molecule has 2 aromatic rings. The molecule has 2 amide bonds. The third kappa shape index (κ3) is 5.15. The first kappa shape index (κ1) is 21.5. The Morgan fingerprint density at radius 2 is 1.29 bits per heavy atom. The summed E-state index contributed by atoms with van der Waals surface area (Å²) in [5.41, 5.74) is 3.36. The lowest BCUT2D eigenvalue weighted by molar-refractivity contribution is -0.00100. The van der Waals surface area contributed by atoms with Crippen LogP contribution < -0.4 is 46.1 Å². The summed E-state index contributed by atoms with van der Waals surface area (Å²) in [5.74, 6) is 1.73. The van der Waals surface area contributed by atoms with Gasteiger partial charge in [-0.2, -0.15) is 0 Å². The topological polar surface area (TPSA) is 89.9 Å². The summed E-state index contributed by atoms with van der Waals surface area (Å²) in [6.45, 7) is 3.27. The van der Waals surface area contributed by atoms with Crippen molar-refractivity contribution in [3.63, 3.8) is 0 Å². The monoisotopic (exact) mass is 420 g/mol. The molecular weight excluding hydrogens is 399 g/mol. The van der Waals surface area contributed by atoms with Crippen molar-refractivity contribution in [2.45, 2.75) is 0 Å². The zero-order valence-electron chi connectivity index (χ0n) is 17.0. The summed E-state index contributed by atoms with van der Waals surface area (Å²) in [6, 6.07) is 15.0. The molecule has 0 bridgehead atoms. The fourth-order valence-electron chi connectivity index (χ4n) is 2.96. The summed E-state index contributed by atoms with van der Waals surface area (Å²) in [7, 11) is 0. The van der Waals surface area contributed by atoms with Gasteiger partial charge in [-0.1, -0.05) is 24.3 Å². The second kappa shape index (κ2) is 9.96. The molecule has 2 heterocycles. The maximum absolute atomic E-state index is 12.3. The Balaban J connectivity index is 0.00000210. The lowest BCUT2D eigenvalue weighted by Gasteiger charge is -2.10. The summed E-state index contributed by atoms with van der Waals surface area (Å²) in [5, 5.41) is 12.2. The quantitative estimate of drug-likeness (QED) is 0.409. The fourth-order valence-corrected chi connectivity index (χ4v) is 2.96. The Bertz CT molecular complexity index is 839. The zero-order valence-corrected chi connectivity index (χ0v) is 16.5. The molecule has 0 spiro atoms. The molecule has 0 fully saturated rings. The van der Waals surface area contributed by atoms with E-state index >= 15 is 0 Å². The van der Waals surface area contributed by atoms with Gasteiger partial charge in [0.05, 0.1) is 13.1 Å². The van der Waals surface area contributed by atoms with Gasteiger partial charge in [-0.25, -0.2) is 4.79 Å². The van der Waals surface area contributed by atoms with Crippen LogP contribution in [0.15, 0.2) is 58.5 Å². The number of hydrogen-bond donors (Lipinski definition) is 4. The minimum absolute atomic E-state index is 0. The van der Waals surface area contributed by atoms with Crippen molar-refractivity contribution in [1.82, 2.24) is 10.6 Å². The minimum Gasteiger partial charge on any atom is -1.00 e. The van der Waals surface area contributed by atoms with E-state index in [0.29, 0.717) is 0 Å². The SMILES string of the molecule is O=C(Nc1cccc(C2=NCCN2)c1)Nc1cccc(C2=NCCN2)c1.[Cl-].[Cl-].[H+].[H+]. The van der Waals surface area contributed by atoms with Crippen molar-refractivity contribution in [2.24, 2.45) is 9.98 Å². The van der Waals surface area contributed by atoms with E-state index in [1.54, 1.807) is 0 Å². The number of nitrogens with one attached hydrogen (secondary N) is 4. The highest BCUT2D eigenvalue weighted by molar-refractivity contribution is 6.04. The number of amidine groups is 2. The lowest BCUT2D eigenvalue weighted by atomic mass is 10.2. The number of nitrogens with zero attached hydrogens (tertiary/aromatic N) is 2. The molecule has 4 N–H and O–H groups in total. The number of amides is 2. The van der Waals surface area contributed by atoms with Gasteiger partial charge in [-0.05, 0) is 24.3 Å². The van der Waals surface area contributed by atoms with Gasteiger partial charge in [0, 0.05) is 35.6 Å². The number of hydrogen-bond acceptors (Lipinski definition) is 5. The summed E-state index contributed by atoms with van der Waals surface area (Å²) in [6.07, 6.45) is 0. The molecule has 0 aliphatic carbocycles. The maximum Gasteiger partial charge on any atom is 1.00 e. The number of aliphatic imine (C=N–C) groups is 2. The highest BCUT2D eigenvalue weighted by atomic mass is 35.5. The van der Waals surface area contributed by atoms with Gasteiger partial charge in [0.2, 0.25) is 0 Å². The maximum atomic E-state index is 12.3. The van der Waals surface area contributed by atoms with Crippen LogP contribution in [0.2, 0.25) is 0 Å². The highest BCUT2D eigenvalue weighted by Gasteiger charge is 2.11. The zero-order chi connectivity index (χ0) is 17.8. The molecule has 2 aliphatic rings. The van der Waals surface area contributed by atoms with Crippen LogP contribution >= 0.6 is 0 Å². The first-order chi connectivity index (χ1) is 12.8. The Kier molecular flexibility index (Phi) is 7.66. The third-order valence-corrected chi connectivity index (χ3v) is 4.14. The molecule has 0 aromatic heterocycles. The predicted octanol–water partition coefficient (Wildman–Crippen LogP) is -3.74. The Morgan fingerprint density at radius 1 is 0.821 bits per heavy atom. The van der Waals surface area contributed by atoms with Crippen LogP contribution in [0.25, 0.3) is 0 Å². The molecule has 148 valence electrons. The smallest absolute Gasteiger partial charge is 1.00 e. The van der Waals surface area contributed by atoms with Gasteiger partial charge >= 0.3 is 8.88 Å². The molecule has 0 unspecified atom stereocenters. The van der Waals surface area contributed by atoms with E-state index < -0.39 is 0 Å². The number of anilines is 2. The van der Waals surface area contributed by atoms with E-state index in [4.69, 9.17) is 0 Å². The number of halogens is 2. The van der Waals surface area contributed by atoms with Gasteiger partial charge in [0.25, 0.3) is 0 Å². The summed E-state index contributed by atoms with van der Waals surface area (Å²) < 4.78 is 0. The molecule has 7 nitrogen and oxygen atoms in total. The fraction of sp³-hybridized carbons (Fsp3) is 0.211. The van der Waals surface area contributed by atoms with Crippen LogP contribution in [0, 0.1) is 0 Å². The van der Waals surface area contributed by atoms with Crippen molar-refractivity contribution < 1.29 is 32.5 Å². The second-order valence-electron chi connectivity index (χ2n) is 6.05. The molecule has 2 aliphatic heterocycles. The van der Waals surface area contributed by atoms with Crippen LogP contribution in [-0.2, 0) is 0 Å². The first-order valence-corrected chi connectivity index (χ1v) is 8.63. The van der Waals surface area contributed by atoms with Gasteiger partial charge in [0.15, 0.2) is 0 Å². The molecule has 2 aromatic carbocycles. The summed E-state index contributed by atoms with van der Waals surface area (Å²) in [4.78, 5) is 21.1. The molecule has 0 saturated carbocycles. The lowest BCUT2D eigenvalue weighted by Crippen LogP contribution is -3.00. The average molecular weight is 421 g/mol. The van der Waals surface area contributed by atoms with Crippen LogP contribution in [-0.4, -0.2) is 43.9 Å². The van der Waals surface area contributed by atoms with Crippen LogP contribution in [0.3, 0.4) is 0 Å². The standard InChI is InChI=1S/C19H20N6O.2ClH/c26-19(24-15-5-1-3-13(11-15)17-20-7-8-21-17)25-16-6-2-4-14(12-16)18-22-9-10-23-18;;/h1-6,11-12H,7-10H2,(H,20,21)(H,22,23)(H2,24,25,26);2*1H. The van der Waals surface area contributed by atoms with Crippen molar-refractivity contribution in [1.29, 1.82) is 0 Å². The van der Waals surface area contributed by atoms with E-state index in [-0.39, 0.29) is 33.7 Å². The van der Waals surface area contributed by atoms with Crippen LogP contribution in [0.1, 0.15) is 14.0 Å². The minimum atomic E-state index is -0.290. The number of carbonyl (C=O) groups is 1. The Morgan fingerprint density at radius 3 is 1.68 bits per heavy atom. The Hall–Kier alpha value is -2.77. The average Bonchev–Trinajstić information content (AvgIpc) is 3.36. The number of urea groups is 1. The largest absolute Gasteiger partial charge is 1.00 e. The van der Waals surface area contributed by atoms with E-state index in [0.717, 1.165) is 60.4 Å². The summed E-state index contributed by atoms with van der Waals surface area (Å²) >= 11 is 0. The van der Waals surface area contributed by atoms with E-state index in [2.05, 4.69) is 31.3 Å². The number of rotatable bonds is 4. The van der Waals surface area contributed by atoms with Gasteiger partial charge in [-0.15, -0.1) is 0 Å². The first-order valence-electron chi connectivity index (χ1n) is 8.63. The molecule has 0 radical (unpaired) electrons. The predicted molar refractivity (Wildman–Crippen MR) is 107 cm³/mol. The molecule has 9 heteroatoms. The highest BCUT2D eigenvalue weighted by Crippen LogP contribution is 2.15. The molecular formula is C19H22Cl2N6O. The van der Waals surface area contributed by atoms with Gasteiger partial charge in [0.1, 0.15) is 11.7 Å². The van der Waals surface area contributed by atoms with Crippen molar-refractivity contribution >= 4 is 29.1 Å². The second-order valence-corrected chi connectivity index (χ2v) is 6.05. The van der Waals surface area contributed by atoms with Crippen LogP contribution in [0.4, 0.5) is 16.2 Å². The van der Waals surface area contributed by atoms with Gasteiger partial charge < -0.3 is 46.1 Å². The van der Waals surface area contributed by atoms with E-state index in [1.807, 2.05) is 48.5 Å². The van der Waals surface area contributed by atoms with Crippen molar-refractivity contribution in [2.75, 3.05) is 36.8 Å². The number of carbonyl (C=O) groups excluding carboxylic acids is 1. The van der Waals surface area contributed by atoms with Crippen molar-refractivity contribution in [3.8, 4) is 0 Å². The van der Waals surface area contributed by atoms with E-state index in [1.165, 1.54) is 0 Å². The van der Waals surface area contributed by atoms with Crippen molar-refractivity contribution in [3.05, 3.63) is 59.7 Å². The third-order valence-electron chi connectivity index (χ3n) is 4.14. The molecule has 4 rings (SSSR count). The molecule has 28 heavy (non-hydrogen) atoms. The van der Waals surface area contributed by atoms with Crippen LogP contribution in [0.5, 0.6) is 0 Å². The number of benzene rings is 2. The normalized spacial score (nSPS) is 14.4. The van der Waals surface area contributed by atoms with E-state index in [9.17, 15) is 4.79 Å². The van der Waals surface area contributed by atoms with Gasteiger partial charge in [-0.3, -0.25) is 9.98 Å². The molecule has 0 atom stereocenters.